The normalized spacial score (nSPS) is 12.5. The molecule has 0 aliphatic carbocycles. The van der Waals surface area contributed by atoms with Gasteiger partial charge in [0.1, 0.15) is 4.90 Å². The molecule has 5 nitrogen and oxygen atoms in total. The number of halogens is 1. The Hall–Kier alpha value is 0.01000. The van der Waals surface area contributed by atoms with Crippen molar-refractivity contribution in [1.29, 1.82) is 0 Å². The first-order valence-electron chi connectivity index (χ1n) is 6.89. The van der Waals surface area contributed by atoms with Crippen LogP contribution in [0.2, 0.25) is 0 Å². The highest BCUT2D eigenvalue weighted by Gasteiger charge is 2.25. The van der Waals surface area contributed by atoms with Crippen LogP contribution in [-0.4, -0.2) is 58.4 Å². The Morgan fingerprint density at radius 1 is 1.29 bits per heavy atom. The third kappa shape index (κ3) is 5.61. The largest absolute Gasteiger partial charge is 0.312 e. The van der Waals surface area contributed by atoms with E-state index in [1.807, 2.05) is 21.0 Å². The summed E-state index contributed by atoms with van der Waals surface area (Å²) in [6.07, 6.45) is 0.814. The van der Waals surface area contributed by atoms with E-state index in [-0.39, 0.29) is 0 Å². The Morgan fingerprint density at radius 3 is 2.52 bits per heavy atom. The average Bonchev–Trinajstić information content (AvgIpc) is 2.77. The Kier molecular flexibility index (Phi) is 7.80. The quantitative estimate of drug-likeness (QED) is 0.693. The maximum atomic E-state index is 12.6. The molecule has 0 atom stereocenters. The topological polar surface area (TPSA) is 52.7 Å². The Morgan fingerprint density at radius 2 is 1.95 bits per heavy atom. The molecule has 0 saturated heterocycles. The number of hydrogen-bond donors (Lipinski definition) is 1. The van der Waals surface area contributed by atoms with Crippen molar-refractivity contribution in [3.05, 3.63) is 14.7 Å². The van der Waals surface area contributed by atoms with Gasteiger partial charge in [0.25, 0.3) is 0 Å². The number of hydrogen-bond acceptors (Lipinski definition) is 5. The van der Waals surface area contributed by atoms with Crippen molar-refractivity contribution in [2.75, 3.05) is 40.8 Å². The van der Waals surface area contributed by atoms with Gasteiger partial charge in [-0.15, -0.1) is 11.3 Å². The standard InChI is InChI=1S/C13H24BrN3O2S2/c1-5-15-10-11-9-12(13(14)20-11)21(18,19)17(4)8-6-7-16(2)3/h9,15H,5-8,10H2,1-4H3. The minimum Gasteiger partial charge on any atom is -0.312 e. The van der Waals surface area contributed by atoms with Gasteiger partial charge in [-0.2, -0.15) is 0 Å². The number of nitrogens with zero attached hydrogens (tertiary/aromatic N) is 2. The molecular weight excluding hydrogens is 374 g/mol. The molecule has 0 aromatic carbocycles. The molecular formula is C13H24BrN3O2S2. The Labute approximate surface area is 140 Å². The van der Waals surface area contributed by atoms with Crippen molar-refractivity contribution in [3.8, 4) is 0 Å². The fourth-order valence-corrected chi connectivity index (χ4v) is 5.61. The van der Waals surface area contributed by atoms with Crippen molar-refractivity contribution < 1.29 is 8.42 Å². The highest BCUT2D eigenvalue weighted by atomic mass is 79.9. The molecule has 1 heterocycles. The summed E-state index contributed by atoms with van der Waals surface area (Å²) in [5, 5.41) is 3.21. The summed E-state index contributed by atoms with van der Waals surface area (Å²) in [4.78, 5) is 3.44. The van der Waals surface area contributed by atoms with Gasteiger partial charge in [-0.3, -0.25) is 0 Å². The van der Waals surface area contributed by atoms with Gasteiger partial charge >= 0.3 is 0 Å². The van der Waals surface area contributed by atoms with E-state index in [0.717, 1.165) is 24.4 Å². The summed E-state index contributed by atoms with van der Waals surface area (Å²) in [5.41, 5.74) is 0. The van der Waals surface area contributed by atoms with E-state index < -0.39 is 10.0 Å². The minimum atomic E-state index is -3.42. The molecule has 0 fully saturated rings. The van der Waals surface area contributed by atoms with E-state index >= 15 is 0 Å². The zero-order valence-corrected chi connectivity index (χ0v) is 16.2. The second-order valence-corrected chi connectivity index (χ2v) is 9.58. The lowest BCUT2D eigenvalue weighted by Crippen LogP contribution is -2.29. The van der Waals surface area contributed by atoms with Gasteiger partial charge in [-0.25, -0.2) is 12.7 Å². The lowest BCUT2D eigenvalue weighted by atomic mass is 10.4. The van der Waals surface area contributed by atoms with Crippen molar-refractivity contribution >= 4 is 37.3 Å². The van der Waals surface area contributed by atoms with Crippen LogP contribution in [-0.2, 0) is 16.6 Å². The van der Waals surface area contributed by atoms with Crippen molar-refractivity contribution in [1.82, 2.24) is 14.5 Å². The van der Waals surface area contributed by atoms with Gasteiger partial charge in [0.15, 0.2) is 0 Å². The van der Waals surface area contributed by atoms with E-state index in [1.54, 1.807) is 13.1 Å². The van der Waals surface area contributed by atoms with Gasteiger partial charge in [0, 0.05) is 25.0 Å². The number of thiophene rings is 1. The average molecular weight is 398 g/mol. The van der Waals surface area contributed by atoms with Crippen LogP contribution in [0.3, 0.4) is 0 Å². The molecule has 1 aromatic rings. The second kappa shape index (κ2) is 8.59. The van der Waals surface area contributed by atoms with E-state index in [1.165, 1.54) is 15.6 Å². The van der Waals surface area contributed by atoms with Crippen molar-refractivity contribution in [2.24, 2.45) is 0 Å². The molecule has 122 valence electrons. The molecule has 21 heavy (non-hydrogen) atoms. The maximum absolute atomic E-state index is 12.6. The molecule has 0 saturated carbocycles. The van der Waals surface area contributed by atoms with Crippen molar-refractivity contribution in [2.45, 2.75) is 24.8 Å². The highest BCUT2D eigenvalue weighted by Crippen LogP contribution is 2.33. The predicted molar refractivity (Wildman–Crippen MR) is 92.4 cm³/mol. The fraction of sp³-hybridized carbons (Fsp3) is 0.692. The second-order valence-electron chi connectivity index (χ2n) is 5.11. The first-order valence-corrected chi connectivity index (χ1v) is 9.94. The molecule has 8 heteroatoms. The summed E-state index contributed by atoms with van der Waals surface area (Å²) in [7, 11) is 2.18. The first kappa shape index (κ1) is 19.1. The molecule has 0 unspecified atom stereocenters. The lowest BCUT2D eigenvalue weighted by molar-refractivity contribution is 0.370. The number of rotatable bonds is 9. The third-order valence-electron chi connectivity index (χ3n) is 3.02. The number of sulfonamides is 1. The molecule has 1 rings (SSSR count). The summed E-state index contributed by atoms with van der Waals surface area (Å²) < 4.78 is 27.3. The highest BCUT2D eigenvalue weighted by molar-refractivity contribution is 9.11. The molecule has 0 amide bonds. The summed E-state index contributed by atoms with van der Waals surface area (Å²) in [6, 6.07) is 1.76. The molecule has 0 bridgehead atoms. The van der Waals surface area contributed by atoms with Crippen LogP contribution in [0.1, 0.15) is 18.2 Å². The molecule has 0 aliphatic heterocycles. The van der Waals surface area contributed by atoms with Crippen molar-refractivity contribution in [3.63, 3.8) is 0 Å². The Balaban J connectivity index is 2.79. The lowest BCUT2D eigenvalue weighted by Gasteiger charge is -2.18. The monoisotopic (exact) mass is 397 g/mol. The smallest absolute Gasteiger partial charge is 0.244 e. The van der Waals surface area contributed by atoms with E-state index in [9.17, 15) is 8.42 Å². The summed E-state index contributed by atoms with van der Waals surface area (Å²) >= 11 is 4.85. The summed E-state index contributed by atoms with van der Waals surface area (Å²) in [6.45, 7) is 4.97. The van der Waals surface area contributed by atoms with Gasteiger partial charge < -0.3 is 10.2 Å². The fourth-order valence-electron chi connectivity index (χ4n) is 1.81. The molecule has 0 spiro atoms. The van der Waals surface area contributed by atoms with Gasteiger partial charge in [0.2, 0.25) is 10.0 Å². The van der Waals surface area contributed by atoms with Crippen LogP contribution in [0.15, 0.2) is 14.7 Å². The van der Waals surface area contributed by atoms with Crippen LogP contribution in [0.5, 0.6) is 0 Å². The van der Waals surface area contributed by atoms with Gasteiger partial charge in [-0.1, -0.05) is 6.92 Å². The Bertz CT molecular complexity index is 544. The van der Waals surface area contributed by atoms with E-state index in [0.29, 0.717) is 21.8 Å². The van der Waals surface area contributed by atoms with Crippen LogP contribution >= 0.6 is 27.3 Å². The van der Waals surface area contributed by atoms with Crippen LogP contribution in [0.4, 0.5) is 0 Å². The molecule has 1 aromatic heterocycles. The summed E-state index contributed by atoms with van der Waals surface area (Å²) in [5.74, 6) is 0. The minimum absolute atomic E-state index is 0.368. The predicted octanol–water partition coefficient (Wildman–Crippen LogP) is 2.19. The van der Waals surface area contributed by atoms with Gasteiger partial charge in [-0.05, 0) is 55.6 Å². The zero-order valence-electron chi connectivity index (χ0n) is 13.0. The van der Waals surface area contributed by atoms with Crippen LogP contribution < -0.4 is 5.32 Å². The third-order valence-corrected chi connectivity index (χ3v) is 7.13. The zero-order chi connectivity index (χ0) is 16.0. The van der Waals surface area contributed by atoms with Gasteiger partial charge in [0.05, 0.1) is 3.79 Å². The van der Waals surface area contributed by atoms with Crippen LogP contribution in [0.25, 0.3) is 0 Å². The molecule has 0 aliphatic rings. The molecule has 1 N–H and O–H groups in total. The van der Waals surface area contributed by atoms with E-state index in [4.69, 9.17) is 0 Å². The maximum Gasteiger partial charge on any atom is 0.244 e. The number of nitrogens with one attached hydrogen (secondary N) is 1. The first-order chi connectivity index (χ1) is 9.78. The van der Waals surface area contributed by atoms with Crippen LogP contribution in [0, 0.1) is 0 Å². The SMILES string of the molecule is CCNCc1cc(S(=O)(=O)N(C)CCCN(C)C)c(Br)s1. The molecule has 0 radical (unpaired) electrons. The van der Waals surface area contributed by atoms with E-state index in [2.05, 4.69) is 26.1 Å².